The number of hydrogen-bond donors (Lipinski definition) is 2. The van der Waals surface area contributed by atoms with Crippen LogP contribution in [-0.4, -0.2) is 59.3 Å². The molecule has 0 spiro atoms. The summed E-state index contributed by atoms with van der Waals surface area (Å²) < 4.78 is 5.12. The summed E-state index contributed by atoms with van der Waals surface area (Å²) in [6.45, 7) is 4.30. The average Bonchev–Trinajstić information content (AvgIpc) is 2.77. The van der Waals surface area contributed by atoms with Crippen LogP contribution in [0.5, 0.6) is 5.75 Å². The van der Waals surface area contributed by atoms with E-state index in [0.717, 1.165) is 12.8 Å². The van der Waals surface area contributed by atoms with Crippen LogP contribution in [0.4, 0.5) is 5.69 Å². The van der Waals surface area contributed by atoms with Crippen molar-refractivity contribution in [2.24, 2.45) is 0 Å². The Morgan fingerprint density at radius 3 is 2.61 bits per heavy atom. The number of nitrogens with zero attached hydrogens (tertiary/aromatic N) is 3. The number of anilines is 1. The van der Waals surface area contributed by atoms with E-state index in [0.29, 0.717) is 41.6 Å². The molecule has 1 aromatic heterocycles. The van der Waals surface area contributed by atoms with E-state index in [9.17, 15) is 14.4 Å². The van der Waals surface area contributed by atoms with Crippen molar-refractivity contribution in [3.05, 3.63) is 47.5 Å². The summed E-state index contributed by atoms with van der Waals surface area (Å²) in [7, 11) is 1.58. The molecule has 9 heteroatoms. The maximum atomic E-state index is 12.6. The zero-order chi connectivity index (χ0) is 22.4. The fourth-order valence-electron chi connectivity index (χ4n) is 3.50. The van der Waals surface area contributed by atoms with Gasteiger partial charge < -0.3 is 20.3 Å². The first-order valence-electron chi connectivity index (χ1n) is 10.2. The number of likely N-dealkylation sites (tertiary alicyclic amines) is 1. The van der Waals surface area contributed by atoms with E-state index in [4.69, 9.17) is 4.74 Å². The smallest absolute Gasteiger partial charge is 0.259 e. The van der Waals surface area contributed by atoms with Gasteiger partial charge in [-0.15, -0.1) is 0 Å². The summed E-state index contributed by atoms with van der Waals surface area (Å²) in [5.41, 5.74) is 1.63. The molecule has 0 saturated carbocycles. The van der Waals surface area contributed by atoms with E-state index < -0.39 is 0 Å². The Balaban J connectivity index is 1.65. The number of hydrogen-bond acceptors (Lipinski definition) is 6. The van der Waals surface area contributed by atoms with Crippen molar-refractivity contribution in [3.8, 4) is 5.75 Å². The summed E-state index contributed by atoms with van der Waals surface area (Å²) in [4.78, 5) is 46.7. The molecule has 1 saturated heterocycles. The van der Waals surface area contributed by atoms with Crippen LogP contribution in [0, 0.1) is 6.92 Å². The Hall–Kier alpha value is -3.49. The van der Waals surface area contributed by atoms with Crippen molar-refractivity contribution in [1.29, 1.82) is 0 Å². The number of nitrogens with one attached hydrogen (secondary N) is 2. The van der Waals surface area contributed by atoms with Crippen LogP contribution in [0.3, 0.4) is 0 Å². The Bertz CT molecular complexity index is 961. The molecular weight excluding hydrogens is 398 g/mol. The molecule has 1 aliphatic rings. The first-order valence-corrected chi connectivity index (χ1v) is 10.2. The lowest BCUT2D eigenvalue weighted by molar-refractivity contribution is -0.133. The lowest BCUT2D eigenvalue weighted by Crippen LogP contribution is -2.44. The summed E-state index contributed by atoms with van der Waals surface area (Å²) in [6.07, 6.45) is 3.23. The van der Waals surface area contributed by atoms with Crippen LogP contribution in [0.1, 0.15) is 47.6 Å². The van der Waals surface area contributed by atoms with Crippen molar-refractivity contribution in [1.82, 2.24) is 20.2 Å². The van der Waals surface area contributed by atoms with Gasteiger partial charge in [-0.1, -0.05) is 0 Å². The number of carbonyl (C=O) groups is 3. The zero-order valence-electron chi connectivity index (χ0n) is 18.0. The van der Waals surface area contributed by atoms with Crippen LogP contribution >= 0.6 is 0 Å². The van der Waals surface area contributed by atoms with Crippen molar-refractivity contribution in [2.45, 2.75) is 32.6 Å². The molecule has 31 heavy (non-hydrogen) atoms. The monoisotopic (exact) mass is 425 g/mol. The van der Waals surface area contributed by atoms with Gasteiger partial charge in [-0.3, -0.25) is 14.4 Å². The van der Waals surface area contributed by atoms with Gasteiger partial charge in [-0.25, -0.2) is 9.97 Å². The number of piperidine rings is 1. The second-order valence-corrected chi connectivity index (χ2v) is 7.50. The number of ether oxygens (including phenoxy) is 1. The Morgan fingerprint density at radius 2 is 1.97 bits per heavy atom. The molecule has 9 nitrogen and oxygen atoms in total. The van der Waals surface area contributed by atoms with Crippen LogP contribution in [0.2, 0.25) is 0 Å². The van der Waals surface area contributed by atoms with Crippen molar-refractivity contribution in [3.63, 3.8) is 0 Å². The third-order valence-corrected chi connectivity index (χ3v) is 5.22. The predicted molar refractivity (Wildman–Crippen MR) is 115 cm³/mol. The molecule has 1 aromatic carbocycles. The van der Waals surface area contributed by atoms with Crippen LogP contribution in [0.25, 0.3) is 0 Å². The highest BCUT2D eigenvalue weighted by molar-refractivity contribution is 6.04. The third-order valence-electron chi connectivity index (χ3n) is 5.22. The van der Waals surface area contributed by atoms with E-state index in [1.807, 2.05) is 0 Å². The highest BCUT2D eigenvalue weighted by Gasteiger charge is 2.27. The molecule has 1 aliphatic heterocycles. The molecule has 1 atom stereocenters. The molecule has 0 bridgehead atoms. The molecule has 0 unspecified atom stereocenters. The van der Waals surface area contributed by atoms with Gasteiger partial charge in [0.1, 0.15) is 11.6 Å². The second kappa shape index (κ2) is 10.0. The largest absolute Gasteiger partial charge is 0.497 e. The van der Waals surface area contributed by atoms with Gasteiger partial charge in [0, 0.05) is 37.8 Å². The number of benzene rings is 1. The lowest BCUT2D eigenvalue weighted by Gasteiger charge is -2.32. The molecule has 1 fully saturated rings. The highest BCUT2D eigenvalue weighted by Crippen LogP contribution is 2.25. The van der Waals surface area contributed by atoms with Crippen LogP contribution < -0.4 is 15.4 Å². The number of amides is 3. The maximum Gasteiger partial charge on any atom is 0.259 e. The number of aromatic nitrogens is 2. The average molecular weight is 425 g/mol. The summed E-state index contributed by atoms with van der Waals surface area (Å²) in [5, 5.41) is 5.37. The van der Waals surface area contributed by atoms with Gasteiger partial charge in [0.05, 0.1) is 24.9 Å². The lowest BCUT2D eigenvalue weighted by atomic mass is 9.96. The van der Waals surface area contributed by atoms with Gasteiger partial charge in [0.15, 0.2) is 0 Å². The maximum absolute atomic E-state index is 12.6. The number of carbonyl (C=O) groups excluding carboxylic acids is 3. The van der Waals surface area contributed by atoms with Gasteiger partial charge >= 0.3 is 0 Å². The quantitative estimate of drug-likeness (QED) is 0.731. The van der Waals surface area contributed by atoms with Crippen molar-refractivity contribution >= 4 is 23.4 Å². The van der Waals surface area contributed by atoms with Gasteiger partial charge in [0.25, 0.3) is 5.91 Å². The first-order chi connectivity index (χ1) is 14.9. The molecule has 3 amide bonds. The van der Waals surface area contributed by atoms with Gasteiger partial charge in [0.2, 0.25) is 11.8 Å². The van der Waals surface area contributed by atoms with Crippen molar-refractivity contribution < 1.29 is 19.1 Å². The second-order valence-electron chi connectivity index (χ2n) is 7.50. The van der Waals surface area contributed by atoms with E-state index in [1.54, 1.807) is 43.2 Å². The van der Waals surface area contributed by atoms with E-state index in [2.05, 4.69) is 20.6 Å². The van der Waals surface area contributed by atoms with Crippen LogP contribution in [-0.2, 0) is 9.59 Å². The fraction of sp³-hybridized carbons (Fsp3) is 0.409. The molecule has 2 N–H and O–H groups in total. The minimum atomic E-state index is -0.287. The Labute approximate surface area is 181 Å². The zero-order valence-corrected chi connectivity index (χ0v) is 18.0. The summed E-state index contributed by atoms with van der Waals surface area (Å²) in [6, 6.07) is 7.06. The standard InChI is InChI=1S/C22H27N5O4/c1-14-19(22(30)26-17-6-8-18(31-3)9-7-17)11-24-21(25-14)16-5-4-10-27(13-16)20(29)12-23-15(2)28/h6-9,11,16H,4-5,10,12-13H2,1-3H3,(H,23,28)(H,26,30)/t16-/m1/s1. The SMILES string of the molecule is COc1ccc(NC(=O)c2cnc([C@@H]3CCCN(C(=O)CNC(C)=O)C3)nc2C)cc1. The molecule has 0 radical (unpaired) electrons. The normalized spacial score (nSPS) is 15.8. The topological polar surface area (TPSA) is 114 Å². The number of aryl methyl sites for hydroxylation is 1. The van der Waals surface area contributed by atoms with E-state index >= 15 is 0 Å². The molecule has 164 valence electrons. The molecule has 2 heterocycles. The fourth-order valence-corrected chi connectivity index (χ4v) is 3.50. The summed E-state index contributed by atoms with van der Waals surface area (Å²) >= 11 is 0. The minimum Gasteiger partial charge on any atom is -0.497 e. The Morgan fingerprint density at radius 1 is 1.23 bits per heavy atom. The van der Waals surface area contributed by atoms with Gasteiger partial charge in [-0.2, -0.15) is 0 Å². The van der Waals surface area contributed by atoms with E-state index in [-0.39, 0.29) is 30.2 Å². The molecular formula is C22H27N5O4. The first kappa shape index (κ1) is 22.2. The Kier molecular flexibility index (Phi) is 7.17. The molecule has 2 aromatic rings. The summed E-state index contributed by atoms with van der Waals surface area (Å²) in [5.74, 6) is 0.684. The molecule has 0 aliphatic carbocycles. The molecule has 3 rings (SSSR count). The predicted octanol–water partition coefficient (Wildman–Crippen LogP) is 1.89. The highest BCUT2D eigenvalue weighted by atomic mass is 16.5. The van der Waals surface area contributed by atoms with E-state index in [1.165, 1.54) is 13.1 Å². The van der Waals surface area contributed by atoms with Crippen molar-refractivity contribution in [2.75, 3.05) is 32.1 Å². The number of rotatable bonds is 6. The number of methoxy groups -OCH3 is 1. The van der Waals surface area contributed by atoms with Crippen LogP contribution in [0.15, 0.2) is 30.5 Å². The van der Waals surface area contributed by atoms with Gasteiger partial charge in [-0.05, 0) is 44.0 Å². The minimum absolute atomic E-state index is 0.00701. The third kappa shape index (κ3) is 5.78.